The Labute approximate surface area is 387 Å². The zero-order valence-corrected chi connectivity index (χ0v) is 41.1. The van der Waals surface area contributed by atoms with Crippen molar-refractivity contribution in [2.45, 2.75) is 91.6 Å². The summed E-state index contributed by atoms with van der Waals surface area (Å²) in [5, 5.41) is 10.3. The first kappa shape index (κ1) is 57.6. The first-order valence-electron chi connectivity index (χ1n) is 22.6. The minimum Gasteiger partial charge on any atom is -0.490 e. The van der Waals surface area contributed by atoms with Crippen molar-refractivity contribution < 1.29 is 60.1 Å². The molecule has 2 unspecified atom stereocenters. The standard InChI is InChI=1S/C26H47N5O5.C19H31NO8S/c1-5-33-16-17-34-18-19-35-23-7-6-22(30-21-23)20-24(25(32)36-26(2,3)4)31-14-12-28-10-8-27-9-11-29-13-15-31;1-6-24-9-10-25-11-12-26-16-8-7-15(20-14-16)13-17(28-29(5,22)23)18(21)27-19(2,3)4/h6-7,21,24,27-29H,5,8-20H2,1-4H3;7-8,14,17H,6,9-13H2,1-5H3. The van der Waals surface area contributed by atoms with Crippen LogP contribution in [-0.4, -0.2) is 183 Å². The van der Waals surface area contributed by atoms with Gasteiger partial charge in [0.25, 0.3) is 10.1 Å². The molecule has 1 saturated heterocycles. The molecule has 1 aliphatic rings. The first-order chi connectivity index (χ1) is 30.9. The van der Waals surface area contributed by atoms with E-state index in [9.17, 15) is 18.0 Å². The van der Waals surface area contributed by atoms with Crippen LogP contribution in [-0.2, 0) is 65.2 Å². The molecule has 3 heterocycles. The highest BCUT2D eigenvalue weighted by Gasteiger charge is 2.32. The fourth-order valence-electron chi connectivity index (χ4n) is 5.85. The number of nitrogens with one attached hydrogen (secondary N) is 3. The van der Waals surface area contributed by atoms with Crippen molar-refractivity contribution in [2.75, 3.05) is 125 Å². The molecule has 1 aliphatic heterocycles. The molecule has 65 heavy (non-hydrogen) atoms. The van der Waals surface area contributed by atoms with E-state index in [0.717, 1.165) is 64.3 Å². The maximum atomic E-state index is 13.3. The molecule has 19 nitrogen and oxygen atoms in total. The molecule has 2 aromatic heterocycles. The van der Waals surface area contributed by atoms with Gasteiger partial charge in [-0.2, -0.15) is 8.42 Å². The van der Waals surface area contributed by atoms with E-state index in [4.69, 9.17) is 42.1 Å². The summed E-state index contributed by atoms with van der Waals surface area (Å²) in [5.41, 5.74) is -0.0430. The Kier molecular flexibility index (Phi) is 28.5. The largest absolute Gasteiger partial charge is 0.490 e. The normalized spacial score (nSPS) is 15.6. The molecular weight excluding hydrogens is 865 g/mol. The van der Waals surface area contributed by atoms with E-state index in [1.54, 1.807) is 39.1 Å². The van der Waals surface area contributed by atoms with Crippen molar-refractivity contribution in [3.05, 3.63) is 48.0 Å². The molecule has 0 aliphatic carbocycles. The molecule has 20 heteroatoms. The van der Waals surface area contributed by atoms with E-state index in [-0.39, 0.29) is 12.4 Å². The van der Waals surface area contributed by atoms with Crippen molar-refractivity contribution >= 4 is 22.1 Å². The second-order valence-electron chi connectivity index (χ2n) is 16.9. The summed E-state index contributed by atoms with van der Waals surface area (Å²) >= 11 is 0. The van der Waals surface area contributed by atoms with E-state index in [2.05, 4.69) is 30.8 Å². The zero-order chi connectivity index (χ0) is 48.0. The van der Waals surface area contributed by atoms with Crippen LogP contribution in [0.15, 0.2) is 36.7 Å². The Hall–Kier alpha value is -3.57. The molecule has 372 valence electrons. The van der Waals surface area contributed by atoms with Gasteiger partial charge in [-0.1, -0.05) is 0 Å². The summed E-state index contributed by atoms with van der Waals surface area (Å²) < 4.78 is 71.4. The molecule has 3 N–H and O–H groups in total. The molecule has 1 fully saturated rings. The maximum Gasteiger partial charge on any atom is 0.337 e. The van der Waals surface area contributed by atoms with Gasteiger partial charge in [-0.25, -0.2) is 4.79 Å². The minimum atomic E-state index is -3.85. The summed E-state index contributed by atoms with van der Waals surface area (Å²) in [6.45, 7) is 26.6. The van der Waals surface area contributed by atoms with Crippen LogP contribution in [0.5, 0.6) is 11.5 Å². The molecule has 0 aromatic carbocycles. The second-order valence-corrected chi connectivity index (χ2v) is 18.5. The lowest BCUT2D eigenvalue weighted by atomic mass is 10.1. The Morgan fingerprint density at radius 1 is 0.615 bits per heavy atom. The van der Waals surface area contributed by atoms with Crippen molar-refractivity contribution in [2.24, 2.45) is 0 Å². The summed E-state index contributed by atoms with van der Waals surface area (Å²) in [7, 11) is -3.85. The minimum absolute atomic E-state index is 0.0528. The molecule has 0 saturated carbocycles. The van der Waals surface area contributed by atoms with Gasteiger partial charge in [-0.15, -0.1) is 0 Å². The fraction of sp³-hybridized carbons (Fsp3) is 0.733. The summed E-state index contributed by atoms with van der Waals surface area (Å²) in [6, 6.07) is 6.69. The highest BCUT2D eigenvalue weighted by Crippen LogP contribution is 2.18. The third-order valence-electron chi connectivity index (χ3n) is 8.73. The highest BCUT2D eigenvalue weighted by atomic mass is 32.2. The summed E-state index contributed by atoms with van der Waals surface area (Å²) in [4.78, 5) is 36.5. The van der Waals surface area contributed by atoms with Crippen LogP contribution >= 0.6 is 0 Å². The van der Waals surface area contributed by atoms with Gasteiger partial charge in [-0.3, -0.25) is 23.8 Å². The van der Waals surface area contributed by atoms with Crippen LogP contribution in [0.25, 0.3) is 0 Å². The predicted octanol–water partition coefficient (Wildman–Crippen LogP) is 2.59. The summed E-state index contributed by atoms with van der Waals surface area (Å²) in [6.07, 6.45) is 3.17. The third-order valence-corrected chi connectivity index (χ3v) is 9.31. The number of ether oxygens (including phenoxy) is 8. The number of carbonyl (C=O) groups excluding carboxylic acids is 2. The van der Waals surface area contributed by atoms with Gasteiger partial charge in [-0.05, 0) is 79.7 Å². The first-order valence-corrected chi connectivity index (χ1v) is 24.4. The second kappa shape index (κ2) is 32.2. The van der Waals surface area contributed by atoms with Crippen molar-refractivity contribution in [1.82, 2.24) is 30.8 Å². The molecule has 2 atom stereocenters. The van der Waals surface area contributed by atoms with Gasteiger partial charge < -0.3 is 53.8 Å². The Bertz CT molecular complexity index is 1670. The maximum absolute atomic E-state index is 13.3. The number of aromatic nitrogens is 2. The Morgan fingerprint density at radius 3 is 1.45 bits per heavy atom. The molecule has 3 rings (SSSR count). The van der Waals surface area contributed by atoms with Crippen LogP contribution in [0.4, 0.5) is 0 Å². The number of pyridine rings is 2. The molecule has 0 radical (unpaired) electrons. The third kappa shape index (κ3) is 29.6. The van der Waals surface area contributed by atoms with Crippen LogP contribution in [0.1, 0.15) is 66.8 Å². The van der Waals surface area contributed by atoms with E-state index in [1.165, 1.54) is 6.20 Å². The van der Waals surface area contributed by atoms with Gasteiger partial charge in [0.2, 0.25) is 0 Å². The fourth-order valence-corrected chi connectivity index (χ4v) is 6.42. The van der Waals surface area contributed by atoms with Crippen molar-refractivity contribution in [1.29, 1.82) is 0 Å². The van der Waals surface area contributed by atoms with E-state index in [1.807, 2.05) is 46.8 Å². The van der Waals surface area contributed by atoms with Crippen LogP contribution < -0.4 is 25.4 Å². The van der Waals surface area contributed by atoms with Gasteiger partial charge in [0.15, 0.2) is 6.10 Å². The SMILES string of the molecule is CCOCCOCCOc1ccc(CC(C(=O)OC(C)(C)C)N2CCNCCNCCNCC2)nc1.CCOCCOCCOc1ccc(CC(OS(C)(=O)=O)C(=O)OC(C)(C)C)nc1. The average Bonchev–Trinajstić information content (AvgIpc) is 3.22. The lowest BCUT2D eigenvalue weighted by Crippen LogP contribution is -2.51. The Balaban J connectivity index is 0.000000458. The number of rotatable bonds is 25. The molecule has 2 aromatic rings. The van der Waals surface area contributed by atoms with Gasteiger partial charge >= 0.3 is 11.9 Å². The molecule has 0 spiro atoms. The Morgan fingerprint density at radius 2 is 1.03 bits per heavy atom. The summed E-state index contributed by atoms with van der Waals surface area (Å²) in [5.74, 6) is 0.214. The van der Waals surface area contributed by atoms with Gasteiger partial charge in [0.05, 0.1) is 58.3 Å². The van der Waals surface area contributed by atoms with Crippen molar-refractivity contribution in [3.8, 4) is 11.5 Å². The quantitative estimate of drug-likeness (QED) is 0.0741. The molecule has 0 amide bonds. The predicted molar refractivity (Wildman–Crippen MR) is 247 cm³/mol. The van der Waals surface area contributed by atoms with Crippen LogP contribution in [0.3, 0.4) is 0 Å². The lowest BCUT2D eigenvalue weighted by molar-refractivity contribution is -0.163. The average molecular weight is 943 g/mol. The van der Waals surface area contributed by atoms with E-state index >= 15 is 0 Å². The number of hydrogen-bond donors (Lipinski definition) is 3. The smallest absolute Gasteiger partial charge is 0.337 e. The number of nitrogens with zero attached hydrogens (tertiary/aromatic N) is 3. The van der Waals surface area contributed by atoms with E-state index in [0.29, 0.717) is 89.7 Å². The van der Waals surface area contributed by atoms with E-state index < -0.39 is 39.4 Å². The monoisotopic (exact) mass is 943 g/mol. The number of hydrogen-bond acceptors (Lipinski definition) is 19. The van der Waals surface area contributed by atoms with Gasteiger partial charge in [0, 0.05) is 89.8 Å². The van der Waals surface area contributed by atoms with Crippen LogP contribution in [0.2, 0.25) is 0 Å². The lowest BCUT2D eigenvalue weighted by Gasteiger charge is -2.33. The highest BCUT2D eigenvalue weighted by molar-refractivity contribution is 7.86. The number of carbonyl (C=O) groups is 2. The number of esters is 2. The zero-order valence-electron chi connectivity index (χ0n) is 40.3. The van der Waals surface area contributed by atoms with Gasteiger partial charge in [0.1, 0.15) is 42.0 Å². The van der Waals surface area contributed by atoms with Crippen molar-refractivity contribution in [3.63, 3.8) is 0 Å². The molecule has 0 bridgehead atoms. The molecular formula is C45H78N6O13S. The van der Waals surface area contributed by atoms with Crippen LogP contribution in [0, 0.1) is 0 Å². The topological polar surface area (TPSA) is 216 Å².